The number of carboxylic acids is 2. The van der Waals surface area contributed by atoms with Gasteiger partial charge in [0.2, 0.25) is 0 Å². The molecule has 2 aromatic rings. The highest BCUT2D eigenvalue weighted by molar-refractivity contribution is 5.89. The second kappa shape index (κ2) is 5.70. The minimum absolute atomic E-state index is 0.0125. The first kappa shape index (κ1) is 16.1. The molecule has 1 aliphatic rings. The molecule has 6 heteroatoms. The maximum Gasteiger partial charge on any atom is 0.318 e. The van der Waals surface area contributed by atoms with E-state index in [0.29, 0.717) is 0 Å². The molecule has 0 heterocycles. The van der Waals surface area contributed by atoms with Crippen LogP contribution in [0.5, 0.6) is 0 Å². The number of carbonyl (C=O) groups is 2. The Hall–Kier alpha value is -2.76. The molecular formula is C18H14F2O4. The van der Waals surface area contributed by atoms with Crippen LogP contribution in [0.4, 0.5) is 8.78 Å². The Balaban J connectivity index is 2.31. The van der Waals surface area contributed by atoms with Crippen LogP contribution in [0.3, 0.4) is 0 Å². The number of hydrogen-bond donors (Lipinski definition) is 2. The molecule has 0 bridgehead atoms. The van der Waals surface area contributed by atoms with E-state index in [1.54, 1.807) is 0 Å². The maximum absolute atomic E-state index is 13.7. The fourth-order valence-corrected chi connectivity index (χ4v) is 3.52. The molecule has 0 amide bonds. The van der Waals surface area contributed by atoms with Crippen molar-refractivity contribution >= 4 is 11.9 Å². The van der Waals surface area contributed by atoms with Gasteiger partial charge in [-0.2, -0.15) is 0 Å². The average Bonchev–Trinajstić information content (AvgIpc) is 2.52. The molecule has 2 atom stereocenters. The van der Waals surface area contributed by atoms with E-state index >= 15 is 0 Å². The average molecular weight is 332 g/mol. The van der Waals surface area contributed by atoms with Crippen molar-refractivity contribution in [2.75, 3.05) is 0 Å². The standard InChI is InChI=1S/C18H14F2O4/c19-11-3-1-2-10(8-11)18(17(23)24)7-6-13(16(21)22)14-9-12(20)4-5-15(14)18/h1-5,8-9,13H,6-7H2,(H,21,22)(H,23,24)/t13-,18-/m0/s1. The molecule has 0 aliphatic heterocycles. The van der Waals surface area contributed by atoms with E-state index in [1.165, 1.54) is 24.3 Å². The predicted molar refractivity (Wildman–Crippen MR) is 80.8 cm³/mol. The van der Waals surface area contributed by atoms with Gasteiger partial charge in [-0.3, -0.25) is 9.59 Å². The summed E-state index contributed by atoms with van der Waals surface area (Å²) in [7, 11) is 0. The Morgan fingerprint density at radius 3 is 2.38 bits per heavy atom. The van der Waals surface area contributed by atoms with Crippen molar-refractivity contribution in [1.82, 2.24) is 0 Å². The van der Waals surface area contributed by atoms with Gasteiger partial charge in [0.25, 0.3) is 0 Å². The van der Waals surface area contributed by atoms with Gasteiger partial charge in [-0.25, -0.2) is 8.78 Å². The Morgan fingerprint density at radius 1 is 1.04 bits per heavy atom. The van der Waals surface area contributed by atoms with E-state index in [1.807, 2.05) is 0 Å². The van der Waals surface area contributed by atoms with Gasteiger partial charge in [-0.15, -0.1) is 0 Å². The highest BCUT2D eigenvalue weighted by Crippen LogP contribution is 2.47. The van der Waals surface area contributed by atoms with Gasteiger partial charge in [-0.05, 0) is 53.8 Å². The van der Waals surface area contributed by atoms with Crippen molar-refractivity contribution in [3.63, 3.8) is 0 Å². The van der Waals surface area contributed by atoms with Crippen LogP contribution in [0.1, 0.15) is 35.4 Å². The zero-order chi connectivity index (χ0) is 17.5. The molecule has 3 rings (SSSR count). The van der Waals surface area contributed by atoms with E-state index in [4.69, 9.17) is 0 Å². The van der Waals surface area contributed by atoms with Crippen molar-refractivity contribution in [2.24, 2.45) is 0 Å². The quantitative estimate of drug-likeness (QED) is 0.904. The van der Waals surface area contributed by atoms with Gasteiger partial charge in [0.1, 0.15) is 17.0 Å². The van der Waals surface area contributed by atoms with Gasteiger partial charge >= 0.3 is 11.9 Å². The van der Waals surface area contributed by atoms with Crippen LogP contribution >= 0.6 is 0 Å². The summed E-state index contributed by atoms with van der Waals surface area (Å²) in [5.41, 5.74) is -1.07. The van der Waals surface area contributed by atoms with Crippen molar-refractivity contribution in [3.05, 3.63) is 70.8 Å². The number of hydrogen-bond acceptors (Lipinski definition) is 2. The predicted octanol–water partition coefficient (Wildman–Crippen LogP) is 3.30. The zero-order valence-electron chi connectivity index (χ0n) is 12.5. The summed E-state index contributed by atoms with van der Waals surface area (Å²) >= 11 is 0. The molecule has 2 aromatic carbocycles. The molecule has 0 saturated carbocycles. The molecule has 0 radical (unpaired) electrons. The van der Waals surface area contributed by atoms with Crippen LogP contribution in [0, 0.1) is 11.6 Å². The molecule has 24 heavy (non-hydrogen) atoms. The van der Waals surface area contributed by atoms with Crippen LogP contribution in [0.15, 0.2) is 42.5 Å². The summed E-state index contributed by atoms with van der Waals surface area (Å²) in [6.45, 7) is 0. The van der Waals surface area contributed by atoms with Crippen molar-refractivity contribution in [3.8, 4) is 0 Å². The summed E-state index contributed by atoms with van der Waals surface area (Å²) in [5, 5.41) is 19.3. The van der Waals surface area contributed by atoms with Crippen molar-refractivity contribution < 1.29 is 28.6 Å². The Morgan fingerprint density at radius 2 is 1.75 bits per heavy atom. The van der Waals surface area contributed by atoms with Crippen LogP contribution in [-0.2, 0) is 15.0 Å². The number of aliphatic carboxylic acids is 2. The zero-order valence-corrected chi connectivity index (χ0v) is 12.5. The maximum atomic E-state index is 13.7. The number of rotatable bonds is 3. The lowest BCUT2D eigenvalue weighted by atomic mass is 9.63. The van der Waals surface area contributed by atoms with Crippen molar-refractivity contribution in [1.29, 1.82) is 0 Å². The van der Waals surface area contributed by atoms with Gasteiger partial charge in [0.05, 0.1) is 5.92 Å². The Labute approximate surface area is 136 Å². The third-order valence-corrected chi connectivity index (χ3v) is 4.64. The lowest BCUT2D eigenvalue weighted by Gasteiger charge is -2.38. The number of halogens is 2. The SMILES string of the molecule is O=C(O)[C@H]1CC[C@](C(=O)O)(c2cccc(F)c2)c2ccc(F)cc21. The largest absolute Gasteiger partial charge is 0.481 e. The van der Waals surface area contributed by atoms with E-state index in [2.05, 4.69) is 0 Å². The lowest BCUT2D eigenvalue weighted by Crippen LogP contribution is -2.42. The monoisotopic (exact) mass is 332 g/mol. The minimum Gasteiger partial charge on any atom is -0.481 e. The summed E-state index contributed by atoms with van der Waals surface area (Å²) in [5.74, 6) is -4.57. The number of benzene rings is 2. The molecule has 0 fully saturated rings. The molecule has 0 aromatic heterocycles. The van der Waals surface area contributed by atoms with E-state index in [9.17, 15) is 28.6 Å². The molecule has 0 spiro atoms. The molecule has 4 nitrogen and oxygen atoms in total. The van der Waals surface area contributed by atoms with Crippen LogP contribution in [-0.4, -0.2) is 22.2 Å². The van der Waals surface area contributed by atoms with E-state index in [-0.39, 0.29) is 29.5 Å². The van der Waals surface area contributed by atoms with Gasteiger partial charge < -0.3 is 10.2 Å². The number of fused-ring (bicyclic) bond motifs is 1. The molecule has 0 saturated heterocycles. The molecule has 0 unspecified atom stereocenters. The van der Waals surface area contributed by atoms with Gasteiger partial charge in [-0.1, -0.05) is 18.2 Å². The topological polar surface area (TPSA) is 74.6 Å². The Bertz CT molecular complexity index is 834. The summed E-state index contributed by atoms with van der Waals surface area (Å²) < 4.78 is 27.3. The molecule has 124 valence electrons. The summed E-state index contributed by atoms with van der Waals surface area (Å²) in [6, 6.07) is 8.67. The summed E-state index contributed by atoms with van der Waals surface area (Å²) in [6.07, 6.45) is 0.00991. The van der Waals surface area contributed by atoms with E-state index in [0.717, 1.165) is 18.2 Å². The minimum atomic E-state index is -1.60. The third kappa shape index (κ3) is 2.35. The second-order valence-corrected chi connectivity index (χ2v) is 5.88. The van der Waals surface area contributed by atoms with Crippen LogP contribution in [0.25, 0.3) is 0 Å². The van der Waals surface area contributed by atoms with Crippen LogP contribution in [0.2, 0.25) is 0 Å². The summed E-state index contributed by atoms with van der Waals surface area (Å²) in [4.78, 5) is 23.6. The first-order valence-electron chi connectivity index (χ1n) is 7.38. The van der Waals surface area contributed by atoms with Gasteiger partial charge in [0, 0.05) is 0 Å². The van der Waals surface area contributed by atoms with Crippen molar-refractivity contribution in [2.45, 2.75) is 24.2 Å². The highest BCUT2D eigenvalue weighted by atomic mass is 19.1. The first-order valence-corrected chi connectivity index (χ1v) is 7.38. The first-order chi connectivity index (χ1) is 11.4. The smallest absolute Gasteiger partial charge is 0.318 e. The molecule has 2 N–H and O–H groups in total. The lowest BCUT2D eigenvalue weighted by molar-refractivity contribution is -0.145. The third-order valence-electron chi connectivity index (χ3n) is 4.64. The highest BCUT2D eigenvalue weighted by Gasteiger charge is 2.49. The van der Waals surface area contributed by atoms with E-state index < -0.39 is 34.9 Å². The normalized spacial score (nSPS) is 22.7. The fraction of sp³-hybridized carbons (Fsp3) is 0.222. The van der Waals surface area contributed by atoms with Gasteiger partial charge in [0.15, 0.2) is 0 Å². The number of carboxylic acid groups (broad SMARTS) is 2. The molecular weight excluding hydrogens is 318 g/mol. The fourth-order valence-electron chi connectivity index (χ4n) is 3.52. The second-order valence-electron chi connectivity index (χ2n) is 5.88. The molecule has 1 aliphatic carbocycles. The van der Waals surface area contributed by atoms with Crippen LogP contribution < -0.4 is 0 Å². The Kier molecular flexibility index (Phi) is 3.83.